The van der Waals surface area contributed by atoms with E-state index in [9.17, 15) is 45.3 Å². The fourth-order valence-electron chi connectivity index (χ4n) is 8.56. The second kappa shape index (κ2) is 42.8. The summed E-state index contributed by atoms with van der Waals surface area (Å²) < 4.78 is 33.6. The highest BCUT2D eigenvalue weighted by Crippen LogP contribution is 2.27. The zero-order valence-corrected chi connectivity index (χ0v) is 43.7. The van der Waals surface area contributed by atoms with Gasteiger partial charge >= 0.3 is 11.9 Å². The van der Waals surface area contributed by atoms with E-state index < -0.39 is 99.3 Å². The van der Waals surface area contributed by atoms with Gasteiger partial charge < -0.3 is 64.2 Å². The average molecular weight is 1010 g/mol. The van der Waals surface area contributed by atoms with Gasteiger partial charge in [0.15, 0.2) is 18.7 Å². The molecule has 0 aromatic rings. The number of carbonyl (C=O) groups excluding carboxylic acids is 2. The lowest BCUT2D eigenvalue weighted by Crippen LogP contribution is -2.61. The summed E-state index contributed by atoms with van der Waals surface area (Å²) in [5.74, 6) is -0.968. The molecule has 71 heavy (non-hydrogen) atoms. The molecule has 0 aromatic carbocycles. The minimum atomic E-state index is -1.77. The molecule has 0 aliphatic carbocycles. The van der Waals surface area contributed by atoms with E-state index >= 15 is 0 Å². The molecule has 2 rings (SSSR count). The lowest BCUT2D eigenvalue weighted by atomic mass is 9.98. The molecule has 0 bridgehead atoms. The fraction of sp³-hybridized carbons (Fsp3) is 0.821. The highest BCUT2D eigenvalue weighted by Gasteiger charge is 2.47. The van der Waals surface area contributed by atoms with Crippen LogP contribution in [0.25, 0.3) is 0 Å². The van der Waals surface area contributed by atoms with E-state index in [2.05, 4.69) is 62.5 Å². The van der Waals surface area contributed by atoms with Crippen LogP contribution in [0.15, 0.2) is 48.6 Å². The Bertz CT molecular complexity index is 1420. The predicted molar refractivity (Wildman–Crippen MR) is 275 cm³/mol. The van der Waals surface area contributed by atoms with Gasteiger partial charge in [-0.1, -0.05) is 184 Å². The number of unbranched alkanes of at least 4 members (excludes halogenated alkanes) is 21. The van der Waals surface area contributed by atoms with Crippen LogP contribution in [0.5, 0.6) is 0 Å². The molecule has 2 fully saturated rings. The molecule has 412 valence electrons. The van der Waals surface area contributed by atoms with Crippen molar-refractivity contribution in [3.63, 3.8) is 0 Å². The van der Waals surface area contributed by atoms with E-state index in [0.717, 1.165) is 57.8 Å². The Balaban J connectivity index is 1.77. The van der Waals surface area contributed by atoms with Gasteiger partial charge in [-0.15, -0.1) is 0 Å². The summed E-state index contributed by atoms with van der Waals surface area (Å²) in [5, 5.41) is 72.2. The molecular weight excluding hydrogens is 913 g/mol. The minimum Gasteiger partial charge on any atom is -0.462 e. The summed E-state index contributed by atoms with van der Waals surface area (Å²) in [6, 6.07) is 0. The Labute approximate surface area is 427 Å². The normalized spacial score (nSPS) is 25.5. The Morgan fingerprint density at radius 1 is 0.465 bits per heavy atom. The number of rotatable bonds is 43. The number of aliphatic hydroxyl groups excluding tert-OH is 7. The number of aliphatic hydroxyl groups is 7. The number of hydrogen-bond acceptors (Lipinski definition) is 15. The van der Waals surface area contributed by atoms with Gasteiger partial charge in [-0.25, -0.2) is 0 Å². The van der Waals surface area contributed by atoms with Gasteiger partial charge in [0.1, 0.15) is 55.4 Å². The molecule has 2 aliphatic rings. The molecule has 15 nitrogen and oxygen atoms in total. The van der Waals surface area contributed by atoms with Gasteiger partial charge in [0.25, 0.3) is 0 Å². The van der Waals surface area contributed by atoms with E-state index in [1.165, 1.54) is 103 Å². The molecule has 11 atom stereocenters. The third kappa shape index (κ3) is 30.4. The molecule has 2 aliphatic heterocycles. The van der Waals surface area contributed by atoms with Crippen molar-refractivity contribution in [1.29, 1.82) is 0 Å². The van der Waals surface area contributed by atoms with Crippen molar-refractivity contribution in [2.45, 2.75) is 268 Å². The summed E-state index contributed by atoms with van der Waals surface area (Å²) in [5.41, 5.74) is 0. The summed E-state index contributed by atoms with van der Waals surface area (Å²) in [6.45, 7) is 2.45. The maximum Gasteiger partial charge on any atom is 0.306 e. The van der Waals surface area contributed by atoms with Crippen molar-refractivity contribution < 1.29 is 73.8 Å². The van der Waals surface area contributed by atoms with Crippen LogP contribution in [-0.2, 0) is 38.0 Å². The summed E-state index contributed by atoms with van der Waals surface area (Å²) >= 11 is 0. The first-order valence-corrected chi connectivity index (χ1v) is 27.7. The van der Waals surface area contributed by atoms with Gasteiger partial charge in [0.2, 0.25) is 0 Å². The Hall–Kier alpha value is -2.54. The topological polar surface area (TPSA) is 231 Å². The summed E-state index contributed by atoms with van der Waals surface area (Å²) in [6.07, 6.45) is 31.4. The Kier molecular flexibility index (Phi) is 38.9. The maximum atomic E-state index is 13.0. The first kappa shape index (κ1) is 64.6. The summed E-state index contributed by atoms with van der Waals surface area (Å²) in [4.78, 5) is 25.8. The van der Waals surface area contributed by atoms with E-state index in [0.29, 0.717) is 12.8 Å². The quantitative estimate of drug-likeness (QED) is 0.0172. The van der Waals surface area contributed by atoms with Crippen LogP contribution in [0.3, 0.4) is 0 Å². The monoisotopic (exact) mass is 1010 g/mol. The molecule has 0 amide bonds. The van der Waals surface area contributed by atoms with Crippen molar-refractivity contribution in [3.05, 3.63) is 48.6 Å². The Morgan fingerprint density at radius 3 is 1.39 bits per heavy atom. The van der Waals surface area contributed by atoms with E-state index in [4.69, 9.17) is 28.4 Å². The van der Waals surface area contributed by atoms with Crippen molar-refractivity contribution in [1.82, 2.24) is 0 Å². The third-order valence-corrected chi connectivity index (χ3v) is 13.1. The highest BCUT2D eigenvalue weighted by atomic mass is 16.7. The second-order valence-corrected chi connectivity index (χ2v) is 19.4. The molecule has 0 aromatic heterocycles. The van der Waals surface area contributed by atoms with Crippen molar-refractivity contribution >= 4 is 11.9 Å². The number of carbonyl (C=O) groups is 2. The standard InChI is InChI=1S/C56H98O15/c1-3-5-7-9-11-13-15-17-19-20-21-22-23-25-26-28-30-32-34-36-38-47(58)66-41-44(69-48(59)39-37-35-33-31-29-27-24-18-16-14-12-10-8-6-4-2)42-67-55-54(65)52(63)50(61)46(71-55)43-68-56-53(64)51(62)49(60)45(40-57)70-56/h6,8,12,14,18,24,29,31,44-46,49-57,60-65H,3-5,7,9-11,13,15-17,19-23,25-28,30,32-43H2,1-2H3/b8-6-,14-12-,24-18-,31-29-. The third-order valence-electron chi connectivity index (χ3n) is 13.1. The smallest absolute Gasteiger partial charge is 0.306 e. The van der Waals surface area contributed by atoms with Crippen LogP contribution >= 0.6 is 0 Å². The summed E-state index contributed by atoms with van der Waals surface area (Å²) in [7, 11) is 0. The SMILES string of the molecule is CC/C=C\C/C=C\C/C=C\C/C=C\CCCCC(=O)OC(COC(=O)CCCCCCCCCCCCCCCCCCCCCC)COC1OC(COC2OC(CO)C(O)C(O)C2O)C(O)C(O)C1O. The van der Waals surface area contributed by atoms with Gasteiger partial charge in [0, 0.05) is 12.8 Å². The molecule has 0 radical (unpaired) electrons. The number of hydrogen-bond donors (Lipinski definition) is 7. The molecule has 2 saturated heterocycles. The van der Waals surface area contributed by atoms with E-state index in [-0.39, 0.29) is 19.4 Å². The van der Waals surface area contributed by atoms with Crippen LogP contribution in [0.1, 0.15) is 200 Å². The molecule has 2 heterocycles. The van der Waals surface area contributed by atoms with Crippen molar-refractivity contribution in [3.8, 4) is 0 Å². The molecule has 15 heteroatoms. The van der Waals surface area contributed by atoms with E-state index in [1.807, 2.05) is 0 Å². The highest BCUT2D eigenvalue weighted by molar-refractivity contribution is 5.70. The average Bonchev–Trinajstić information content (AvgIpc) is 3.36. The largest absolute Gasteiger partial charge is 0.462 e. The van der Waals surface area contributed by atoms with Crippen LogP contribution in [0.4, 0.5) is 0 Å². The number of ether oxygens (including phenoxy) is 6. The number of allylic oxidation sites excluding steroid dienone is 8. The first-order chi connectivity index (χ1) is 34.5. The minimum absolute atomic E-state index is 0.113. The predicted octanol–water partition coefficient (Wildman–Crippen LogP) is 8.66. The molecule has 7 N–H and O–H groups in total. The van der Waals surface area contributed by atoms with Gasteiger partial charge in [-0.3, -0.25) is 9.59 Å². The van der Waals surface area contributed by atoms with Crippen LogP contribution < -0.4 is 0 Å². The van der Waals surface area contributed by atoms with Gasteiger partial charge in [-0.2, -0.15) is 0 Å². The zero-order chi connectivity index (χ0) is 51.7. The molecular formula is C56H98O15. The fourth-order valence-corrected chi connectivity index (χ4v) is 8.56. The van der Waals surface area contributed by atoms with Crippen LogP contribution in [-0.4, -0.2) is 142 Å². The number of esters is 2. The maximum absolute atomic E-state index is 13.0. The lowest BCUT2D eigenvalue weighted by molar-refractivity contribution is -0.332. The van der Waals surface area contributed by atoms with Crippen LogP contribution in [0, 0.1) is 0 Å². The van der Waals surface area contributed by atoms with Crippen molar-refractivity contribution in [2.24, 2.45) is 0 Å². The molecule has 11 unspecified atom stereocenters. The molecule has 0 saturated carbocycles. The van der Waals surface area contributed by atoms with E-state index in [1.54, 1.807) is 0 Å². The molecule has 0 spiro atoms. The lowest BCUT2D eigenvalue weighted by Gasteiger charge is -2.42. The second-order valence-electron chi connectivity index (χ2n) is 19.4. The van der Waals surface area contributed by atoms with Crippen molar-refractivity contribution in [2.75, 3.05) is 26.4 Å². The van der Waals surface area contributed by atoms with Gasteiger partial charge in [0.05, 0.1) is 19.8 Å². The Morgan fingerprint density at radius 2 is 0.887 bits per heavy atom. The van der Waals surface area contributed by atoms with Gasteiger partial charge in [-0.05, 0) is 51.4 Å². The van der Waals surface area contributed by atoms with Crippen LogP contribution in [0.2, 0.25) is 0 Å². The zero-order valence-electron chi connectivity index (χ0n) is 43.7. The first-order valence-electron chi connectivity index (χ1n) is 27.7.